The van der Waals surface area contributed by atoms with E-state index in [0.29, 0.717) is 12.6 Å². The molecule has 0 unspecified atom stereocenters. The Morgan fingerprint density at radius 1 is 0.960 bits per heavy atom. The van der Waals surface area contributed by atoms with Crippen molar-refractivity contribution in [3.05, 3.63) is 64.8 Å². The number of aryl methyl sites for hydroxylation is 1. The highest BCUT2D eigenvalue weighted by Crippen LogP contribution is 2.22. The summed E-state index contributed by atoms with van der Waals surface area (Å²) in [5.41, 5.74) is 2.74. The Morgan fingerprint density at radius 2 is 1.76 bits per heavy atom. The van der Waals surface area contributed by atoms with Gasteiger partial charge in [0.2, 0.25) is 5.95 Å². The molecule has 0 aliphatic heterocycles. The topological polar surface area (TPSA) is 59.1 Å². The van der Waals surface area contributed by atoms with Crippen LogP contribution in [0, 0.1) is 6.92 Å². The van der Waals surface area contributed by atoms with E-state index in [-0.39, 0.29) is 0 Å². The number of nitrogens with zero attached hydrogens (tertiary/aromatic N) is 2. The fourth-order valence-electron chi connectivity index (χ4n) is 2.33. The van der Waals surface area contributed by atoms with Crippen LogP contribution in [0.4, 0.5) is 23.1 Å². The summed E-state index contributed by atoms with van der Waals surface area (Å²) in [5.74, 6) is 2.12. The van der Waals surface area contributed by atoms with Crippen molar-refractivity contribution in [2.75, 3.05) is 17.2 Å². The first-order chi connectivity index (χ1) is 12.1. The molecule has 1 heterocycles. The average molecular weight is 399 g/mol. The van der Waals surface area contributed by atoms with Gasteiger partial charge in [0.15, 0.2) is 0 Å². The van der Waals surface area contributed by atoms with E-state index in [1.807, 2.05) is 68.4 Å². The largest absolute Gasteiger partial charge is 0.494 e. The fraction of sp³-hybridized carbons (Fsp3) is 0.158. The third-order valence-corrected chi connectivity index (χ3v) is 3.87. The molecule has 0 aliphatic carbocycles. The standard InChI is InChI=1S/C19H19BrN4O/c1-3-25-17-9-7-15(8-10-17)23-19-21-13(2)11-18(24-19)22-16-6-4-5-14(20)12-16/h4-12H,3H2,1-2H3,(H2,21,22,23,24). The number of benzene rings is 2. The third-order valence-electron chi connectivity index (χ3n) is 3.37. The van der Waals surface area contributed by atoms with E-state index in [0.717, 1.165) is 33.1 Å². The van der Waals surface area contributed by atoms with Crippen LogP contribution < -0.4 is 15.4 Å². The van der Waals surface area contributed by atoms with Crippen LogP contribution in [-0.2, 0) is 0 Å². The van der Waals surface area contributed by atoms with Crippen LogP contribution in [0.3, 0.4) is 0 Å². The zero-order chi connectivity index (χ0) is 17.6. The second-order valence-electron chi connectivity index (χ2n) is 5.44. The number of hydrogen-bond donors (Lipinski definition) is 2. The van der Waals surface area contributed by atoms with Crippen molar-refractivity contribution >= 4 is 39.1 Å². The van der Waals surface area contributed by atoms with Gasteiger partial charge >= 0.3 is 0 Å². The normalized spacial score (nSPS) is 10.4. The molecule has 3 rings (SSSR count). The lowest BCUT2D eigenvalue weighted by Crippen LogP contribution is -2.02. The van der Waals surface area contributed by atoms with E-state index in [4.69, 9.17) is 4.74 Å². The van der Waals surface area contributed by atoms with Gasteiger partial charge < -0.3 is 15.4 Å². The number of ether oxygens (including phenoxy) is 1. The van der Waals surface area contributed by atoms with Crippen molar-refractivity contribution in [1.82, 2.24) is 9.97 Å². The van der Waals surface area contributed by atoms with Crippen LogP contribution in [0.2, 0.25) is 0 Å². The van der Waals surface area contributed by atoms with Crippen LogP contribution in [0.25, 0.3) is 0 Å². The second-order valence-corrected chi connectivity index (χ2v) is 6.35. The molecule has 3 aromatic rings. The van der Waals surface area contributed by atoms with Crippen molar-refractivity contribution in [2.24, 2.45) is 0 Å². The van der Waals surface area contributed by atoms with E-state index >= 15 is 0 Å². The van der Waals surface area contributed by atoms with E-state index in [1.54, 1.807) is 0 Å². The third kappa shape index (κ3) is 4.93. The predicted molar refractivity (Wildman–Crippen MR) is 105 cm³/mol. The molecule has 0 bridgehead atoms. The predicted octanol–water partition coefficient (Wildman–Crippen LogP) is 5.43. The Morgan fingerprint density at radius 3 is 2.48 bits per heavy atom. The molecule has 6 heteroatoms. The molecule has 1 aromatic heterocycles. The summed E-state index contributed by atoms with van der Waals surface area (Å²) in [4.78, 5) is 8.98. The monoisotopic (exact) mass is 398 g/mol. The van der Waals surface area contributed by atoms with Crippen LogP contribution in [0.1, 0.15) is 12.6 Å². The highest BCUT2D eigenvalue weighted by molar-refractivity contribution is 9.10. The van der Waals surface area contributed by atoms with Crippen LogP contribution >= 0.6 is 15.9 Å². The summed E-state index contributed by atoms with van der Waals surface area (Å²) in [6.45, 7) is 4.56. The molecule has 0 fully saturated rings. The summed E-state index contributed by atoms with van der Waals surface area (Å²) in [7, 11) is 0. The molecule has 0 saturated heterocycles. The molecule has 2 N–H and O–H groups in total. The minimum atomic E-state index is 0.543. The lowest BCUT2D eigenvalue weighted by molar-refractivity contribution is 0.340. The molecule has 2 aromatic carbocycles. The molecule has 0 spiro atoms. The lowest BCUT2D eigenvalue weighted by Gasteiger charge is -2.11. The number of anilines is 4. The SMILES string of the molecule is CCOc1ccc(Nc2nc(C)cc(Nc3cccc(Br)c3)n2)cc1. The van der Waals surface area contributed by atoms with Crippen molar-refractivity contribution < 1.29 is 4.74 Å². The number of nitrogens with one attached hydrogen (secondary N) is 2. The summed E-state index contributed by atoms with van der Waals surface area (Å²) in [5, 5.41) is 6.52. The van der Waals surface area contributed by atoms with Crippen molar-refractivity contribution in [3.63, 3.8) is 0 Å². The van der Waals surface area contributed by atoms with Gasteiger partial charge in [-0.15, -0.1) is 0 Å². The Balaban J connectivity index is 1.77. The van der Waals surface area contributed by atoms with Crippen LogP contribution in [-0.4, -0.2) is 16.6 Å². The van der Waals surface area contributed by atoms with Gasteiger partial charge in [-0.3, -0.25) is 0 Å². The summed E-state index contributed by atoms with van der Waals surface area (Å²) >= 11 is 3.47. The van der Waals surface area contributed by atoms with E-state index in [1.165, 1.54) is 0 Å². The molecule has 0 saturated carbocycles. The van der Waals surface area contributed by atoms with Crippen molar-refractivity contribution in [1.29, 1.82) is 0 Å². The quantitative estimate of drug-likeness (QED) is 0.579. The van der Waals surface area contributed by atoms with E-state index in [2.05, 4.69) is 36.5 Å². The smallest absolute Gasteiger partial charge is 0.229 e. The van der Waals surface area contributed by atoms with E-state index < -0.39 is 0 Å². The molecule has 0 aliphatic rings. The molecule has 0 radical (unpaired) electrons. The average Bonchev–Trinajstić information content (AvgIpc) is 2.56. The Bertz CT molecular complexity index is 852. The zero-order valence-electron chi connectivity index (χ0n) is 14.1. The first kappa shape index (κ1) is 17.2. The van der Waals surface area contributed by atoms with Crippen molar-refractivity contribution in [2.45, 2.75) is 13.8 Å². The van der Waals surface area contributed by atoms with Crippen molar-refractivity contribution in [3.8, 4) is 5.75 Å². The Kier molecular flexibility index (Phi) is 5.50. The van der Waals surface area contributed by atoms with Gasteiger partial charge in [0.1, 0.15) is 11.6 Å². The van der Waals surface area contributed by atoms with Gasteiger partial charge in [0.05, 0.1) is 6.61 Å². The summed E-state index contributed by atoms with van der Waals surface area (Å²) < 4.78 is 6.46. The molecule has 25 heavy (non-hydrogen) atoms. The second kappa shape index (κ2) is 7.98. The highest BCUT2D eigenvalue weighted by Gasteiger charge is 2.04. The van der Waals surface area contributed by atoms with E-state index in [9.17, 15) is 0 Å². The molecule has 0 atom stereocenters. The minimum Gasteiger partial charge on any atom is -0.494 e. The van der Waals surface area contributed by atoms with Gasteiger partial charge in [-0.1, -0.05) is 22.0 Å². The molecule has 0 amide bonds. The summed E-state index contributed by atoms with van der Waals surface area (Å²) in [6, 6.07) is 17.6. The summed E-state index contributed by atoms with van der Waals surface area (Å²) in [6.07, 6.45) is 0. The zero-order valence-corrected chi connectivity index (χ0v) is 15.7. The maximum absolute atomic E-state index is 5.45. The van der Waals surface area contributed by atoms with Gasteiger partial charge in [-0.05, 0) is 56.3 Å². The van der Waals surface area contributed by atoms with Crippen LogP contribution in [0.5, 0.6) is 5.75 Å². The number of hydrogen-bond acceptors (Lipinski definition) is 5. The number of rotatable bonds is 6. The van der Waals surface area contributed by atoms with Crippen LogP contribution in [0.15, 0.2) is 59.1 Å². The molecular weight excluding hydrogens is 380 g/mol. The maximum atomic E-state index is 5.45. The van der Waals surface area contributed by atoms with Gasteiger partial charge in [0, 0.05) is 27.6 Å². The molecular formula is C19H19BrN4O. The van der Waals surface area contributed by atoms with Gasteiger partial charge in [-0.25, -0.2) is 4.98 Å². The van der Waals surface area contributed by atoms with Gasteiger partial charge in [-0.2, -0.15) is 4.98 Å². The van der Waals surface area contributed by atoms with Gasteiger partial charge in [0.25, 0.3) is 0 Å². The highest BCUT2D eigenvalue weighted by atomic mass is 79.9. The first-order valence-corrected chi connectivity index (χ1v) is 8.80. The number of halogens is 1. The molecule has 128 valence electrons. The number of aromatic nitrogens is 2. The first-order valence-electron chi connectivity index (χ1n) is 8.00. The maximum Gasteiger partial charge on any atom is 0.229 e. The Hall–Kier alpha value is -2.60. The lowest BCUT2D eigenvalue weighted by atomic mass is 10.3. The minimum absolute atomic E-state index is 0.543. The Labute approximate surface area is 155 Å². The molecule has 5 nitrogen and oxygen atoms in total. The fourth-order valence-corrected chi connectivity index (χ4v) is 2.73.